The van der Waals surface area contributed by atoms with Gasteiger partial charge in [0, 0.05) is 53.2 Å². The molecule has 30 heavy (non-hydrogen) atoms. The highest BCUT2D eigenvalue weighted by Gasteiger charge is 2.38. The number of aliphatic hydroxyl groups is 1. The van der Waals surface area contributed by atoms with Crippen molar-refractivity contribution in [2.45, 2.75) is 25.0 Å². The molecule has 1 aliphatic heterocycles. The zero-order chi connectivity index (χ0) is 20.1. The third-order valence-corrected chi connectivity index (χ3v) is 6.72. The quantitative estimate of drug-likeness (QED) is 0.454. The monoisotopic (exact) mass is 413 g/mol. The van der Waals surface area contributed by atoms with Gasteiger partial charge in [0.05, 0.1) is 5.69 Å². The van der Waals surface area contributed by atoms with Crippen LogP contribution in [-0.2, 0) is 12.1 Å². The number of benzene rings is 1. The lowest BCUT2D eigenvalue weighted by molar-refractivity contribution is 0.0420. The SMILES string of the molecule is O[C@@]1(c2cccc(-c3csc(-c4c[nH]c5ncccc45)n3)c2)CCCn2ccnc21. The summed E-state index contributed by atoms with van der Waals surface area (Å²) in [6, 6.07) is 12.0. The highest BCUT2D eigenvalue weighted by atomic mass is 32.1. The molecule has 5 heterocycles. The number of aryl methyl sites for hydroxylation is 1. The lowest BCUT2D eigenvalue weighted by Gasteiger charge is -2.33. The molecule has 0 fully saturated rings. The van der Waals surface area contributed by atoms with Crippen molar-refractivity contribution in [3.05, 3.63) is 78.0 Å². The van der Waals surface area contributed by atoms with Gasteiger partial charge in [-0.1, -0.05) is 18.2 Å². The van der Waals surface area contributed by atoms with Crippen molar-refractivity contribution < 1.29 is 5.11 Å². The Morgan fingerprint density at radius 1 is 1.13 bits per heavy atom. The molecule has 0 spiro atoms. The molecule has 1 atom stereocenters. The maximum absolute atomic E-state index is 11.5. The van der Waals surface area contributed by atoms with Gasteiger partial charge in [0.15, 0.2) is 0 Å². The molecule has 0 radical (unpaired) electrons. The third kappa shape index (κ3) is 2.63. The minimum absolute atomic E-state index is 0.665. The number of hydrogen-bond donors (Lipinski definition) is 2. The zero-order valence-corrected chi connectivity index (χ0v) is 16.9. The van der Waals surface area contributed by atoms with E-state index in [1.54, 1.807) is 23.7 Å². The Bertz CT molecular complexity index is 1370. The van der Waals surface area contributed by atoms with Gasteiger partial charge in [-0.3, -0.25) is 0 Å². The second-order valence-corrected chi connectivity index (χ2v) is 8.49. The van der Waals surface area contributed by atoms with Crippen molar-refractivity contribution in [2.24, 2.45) is 0 Å². The van der Waals surface area contributed by atoms with Gasteiger partial charge in [0.25, 0.3) is 0 Å². The number of aromatic amines is 1. The molecule has 148 valence electrons. The molecular weight excluding hydrogens is 394 g/mol. The van der Waals surface area contributed by atoms with Crippen LogP contribution in [0.25, 0.3) is 32.9 Å². The molecule has 6 nitrogen and oxygen atoms in total. The first-order chi connectivity index (χ1) is 14.7. The van der Waals surface area contributed by atoms with Crippen LogP contribution in [0.15, 0.2) is 66.6 Å². The average molecular weight is 414 g/mol. The van der Waals surface area contributed by atoms with E-state index in [9.17, 15) is 5.11 Å². The standard InChI is InChI=1S/C23H19N5OS/c29-23(7-3-10-28-11-9-25-22(23)28)16-5-1-4-15(12-16)19-14-30-21(27-19)18-13-26-20-17(18)6-2-8-24-20/h1-2,4-6,8-9,11-14,29H,3,7,10H2,(H,24,26)/t23-/m1/s1. The van der Waals surface area contributed by atoms with E-state index in [0.29, 0.717) is 6.42 Å². The lowest BCUT2D eigenvalue weighted by atomic mass is 9.85. The number of imidazole rings is 1. The van der Waals surface area contributed by atoms with E-state index in [0.717, 1.165) is 57.2 Å². The maximum atomic E-state index is 11.5. The Morgan fingerprint density at radius 3 is 3.07 bits per heavy atom. The molecule has 0 aliphatic carbocycles. The van der Waals surface area contributed by atoms with E-state index in [1.165, 1.54) is 0 Å². The number of pyridine rings is 1. The third-order valence-electron chi connectivity index (χ3n) is 5.84. The molecule has 0 bridgehead atoms. The molecule has 0 saturated heterocycles. The topological polar surface area (TPSA) is 79.6 Å². The Morgan fingerprint density at radius 2 is 2.10 bits per heavy atom. The fourth-order valence-electron chi connectivity index (χ4n) is 4.34. The number of fused-ring (bicyclic) bond motifs is 2. The number of nitrogens with one attached hydrogen (secondary N) is 1. The van der Waals surface area contributed by atoms with Gasteiger partial charge in [-0.2, -0.15) is 0 Å². The van der Waals surface area contributed by atoms with Gasteiger partial charge in [-0.05, 0) is 36.6 Å². The van der Waals surface area contributed by atoms with Crippen molar-refractivity contribution in [3.8, 4) is 21.8 Å². The summed E-state index contributed by atoms with van der Waals surface area (Å²) >= 11 is 1.61. The molecule has 0 saturated carbocycles. The van der Waals surface area contributed by atoms with Crippen molar-refractivity contribution in [3.63, 3.8) is 0 Å². The average Bonchev–Trinajstić information content (AvgIpc) is 3.53. The second kappa shape index (κ2) is 6.62. The first-order valence-corrected chi connectivity index (χ1v) is 10.8. The van der Waals surface area contributed by atoms with Crippen LogP contribution < -0.4 is 0 Å². The summed E-state index contributed by atoms with van der Waals surface area (Å²) in [5.41, 5.74) is 3.60. The van der Waals surface area contributed by atoms with Crippen molar-refractivity contribution >= 4 is 22.4 Å². The summed E-state index contributed by atoms with van der Waals surface area (Å²) in [5.74, 6) is 0.719. The summed E-state index contributed by atoms with van der Waals surface area (Å²) < 4.78 is 2.04. The van der Waals surface area contributed by atoms with Crippen LogP contribution in [0.5, 0.6) is 0 Å². The largest absolute Gasteiger partial charge is 0.377 e. The van der Waals surface area contributed by atoms with Gasteiger partial charge < -0.3 is 14.7 Å². The van der Waals surface area contributed by atoms with Crippen molar-refractivity contribution in [1.29, 1.82) is 0 Å². The van der Waals surface area contributed by atoms with E-state index >= 15 is 0 Å². The molecule has 0 unspecified atom stereocenters. The molecule has 0 amide bonds. The number of rotatable bonds is 3. The highest BCUT2D eigenvalue weighted by molar-refractivity contribution is 7.13. The molecule has 1 aliphatic rings. The Balaban J connectivity index is 1.40. The van der Waals surface area contributed by atoms with Gasteiger partial charge >= 0.3 is 0 Å². The van der Waals surface area contributed by atoms with E-state index in [2.05, 4.69) is 26.4 Å². The summed E-state index contributed by atoms with van der Waals surface area (Å²) in [4.78, 5) is 16.9. The number of thiazole rings is 1. The molecule has 2 N–H and O–H groups in total. The van der Waals surface area contributed by atoms with Gasteiger partial charge in [0.1, 0.15) is 22.1 Å². The van der Waals surface area contributed by atoms with Crippen LogP contribution in [0.2, 0.25) is 0 Å². The second-order valence-electron chi connectivity index (χ2n) is 7.63. The van der Waals surface area contributed by atoms with Crippen LogP contribution in [0, 0.1) is 0 Å². The van der Waals surface area contributed by atoms with E-state index in [-0.39, 0.29) is 0 Å². The van der Waals surface area contributed by atoms with E-state index < -0.39 is 5.60 Å². The minimum atomic E-state index is -1.07. The summed E-state index contributed by atoms with van der Waals surface area (Å²) in [6.07, 6.45) is 9.02. The summed E-state index contributed by atoms with van der Waals surface area (Å²) in [5, 5.41) is 15.6. The van der Waals surface area contributed by atoms with Gasteiger partial charge in [0.2, 0.25) is 0 Å². The minimum Gasteiger partial charge on any atom is -0.377 e. The van der Waals surface area contributed by atoms with Crippen LogP contribution in [0.3, 0.4) is 0 Å². The molecule has 5 aromatic rings. The van der Waals surface area contributed by atoms with Crippen LogP contribution in [0.1, 0.15) is 24.2 Å². The molecule has 4 aromatic heterocycles. The van der Waals surface area contributed by atoms with Crippen LogP contribution in [0.4, 0.5) is 0 Å². The maximum Gasteiger partial charge on any atom is 0.147 e. The predicted molar refractivity (Wildman–Crippen MR) is 117 cm³/mol. The number of nitrogens with zero attached hydrogens (tertiary/aromatic N) is 4. The molecule has 6 rings (SSSR count). The van der Waals surface area contributed by atoms with E-state index in [1.807, 2.05) is 47.3 Å². The Kier molecular flexibility index (Phi) is 3.87. The normalized spacial score (nSPS) is 18.6. The summed E-state index contributed by atoms with van der Waals surface area (Å²) in [6.45, 7) is 0.895. The van der Waals surface area contributed by atoms with E-state index in [4.69, 9.17) is 4.98 Å². The van der Waals surface area contributed by atoms with Crippen LogP contribution in [-0.4, -0.2) is 29.6 Å². The zero-order valence-electron chi connectivity index (χ0n) is 16.1. The smallest absolute Gasteiger partial charge is 0.147 e. The first-order valence-electron chi connectivity index (χ1n) is 9.95. The molecular formula is C23H19N5OS. The Hall–Kier alpha value is -3.29. The van der Waals surface area contributed by atoms with Crippen molar-refractivity contribution in [2.75, 3.05) is 0 Å². The highest BCUT2D eigenvalue weighted by Crippen LogP contribution is 2.39. The fourth-order valence-corrected chi connectivity index (χ4v) is 5.20. The van der Waals surface area contributed by atoms with Crippen molar-refractivity contribution in [1.82, 2.24) is 24.5 Å². The predicted octanol–water partition coefficient (Wildman–Crippen LogP) is 4.58. The number of hydrogen-bond acceptors (Lipinski definition) is 5. The fraction of sp³-hybridized carbons (Fsp3) is 0.174. The van der Waals surface area contributed by atoms with Gasteiger partial charge in [-0.25, -0.2) is 15.0 Å². The first kappa shape index (κ1) is 17.6. The number of aromatic nitrogens is 5. The van der Waals surface area contributed by atoms with Gasteiger partial charge in [-0.15, -0.1) is 11.3 Å². The molecule has 1 aromatic carbocycles. The molecule has 7 heteroatoms. The summed E-state index contributed by atoms with van der Waals surface area (Å²) in [7, 11) is 0. The lowest BCUT2D eigenvalue weighted by Crippen LogP contribution is -2.35. The Labute approximate surface area is 176 Å². The number of H-pyrrole nitrogens is 1. The van der Waals surface area contributed by atoms with Crippen LogP contribution >= 0.6 is 11.3 Å².